The van der Waals surface area contributed by atoms with Crippen LogP contribution in [0.1, 0.15) is 40.2 Å². The molecule has 1 aliphatic carbocycles. The largest absolute Gasteiger partial charge is 0.415 e. The zero-order valence-corrected chi connectivity index (χ0v) is 14.1. The highest BCUT2D eigenvalue weighted by Crippen LogP contribution is 2.24. The fourth-order valence-corrected chi connectivity index (χ4v) is 3.63. The molecule has 0 fully saturated rings. The third-order valence-electron chi connectivity index (χ3n) is 3.71. The summed E-state index contributed by atoms with van der Waals surface area (Å²) >= 11 is 2.94. The van der Waals surface area contributed by atoms with Crippen molar-refractivity contribution < 1.29 is 9.21 Å². The Morgan fingerprint density at radius 1 is 1.23 bits per heavy atom. The number of aryl methyl sites for hydroxylation is 2. The van der Waals surface area contributed by atoms with E-state index < -0.39 is 0 Å². The minimum absolute atomic E-state index is 0.114. The molecular formula is C16H18N2O2S2. The maximum Gasteiger partial charge on any atom is 0.277 e. The number of thioether (sulfide) groups is 2. The number of benzene rings is 1. The summed E-state index contributed by atoms with van der Waals surface area (Å²) in [5, 5.41) is 8.36. The van der Waals surface area contributed by atoms with E-state index >= 15 is 0 Å². The molecule has 0 aliphatic heterocycles. The normalized spacial score (nSPS) is 13.9. The number of ketones is 1. The van der Waals surface area contributed by atoms with E-state index in [0.29, 0.717) is 22.6 Å². The van der Waals surface area contributed by atoms with E-state index in [0.717, 1.165) is 18.4 Å². The molecule has 0 unspecified atom stereocenters. The first-order chi connectivity index (χ1) is 10.8. The number of aromatic nitrogens is 2. The first kappa shape index (κ1) is 15.6. The molecule has 0 bridgehead atoms. The Morgan fingerprint density at radius 3 is 2.86 bits per heavy atom. The summed E-state index contributed by atoms with van der Waals surface area (Å²) in [6.07, 6.45) is 6.69. The van der Waals surface area contributed by atoms with Gasteiger partial charge in [0.05, 0.1) is 11.5 Å². The van der Waals surface area contributed by atoms with Crippen LogP contribution in [-0.4, -0.2) is 28.0 Å². The molecule has 6 heteroatoms. The summed E-state index contributed by atoms with van der Waals surface area (Å²) in [7, 11) is 0. The molecule has 0 saturated carbocycles. The van der Waals surface area contributed by atoms with Crippen LogP contribution in [0.4, 0.5) is 0 Å². The van der Waals surface area contributed by atoms with Crippen LogP contribution < -0.4 is 0 Å². The van der Waals surface area contributed by atoms with E-state index in [4.69, 9.17) is 4.42 Å². The predicted molar refractivity (Wildman–Crippen MR) is 89.7 cm³/mol. The zero-order chi connectivity index (χ0) is 15.4. The maximum atomic E-state index is 12.3. The molecule has 2 aromatic rings. The third-order valence-corrected chi connectivity index (χ3v) is 5.07. The Morgan fingerprint density at radius 2 is 2.05 bits per heavy atom. The first-order valence-electron chi connectivity index (χ1n) is 7.35. The Kier molecular flexibility index (Phi) is 5.20. The Balaban J connectivity index is 1.61. The number of carbonyl (C=O) groups excluding carboxylic acids is 1. The lowest BCUT2D eigenvalue weighted by atomic mass is 9.90. The average molecular weight is 334 g/mol. The van der Waals surface area contributed by atoms with Crippen molar-refractivity contribution in [2.24, 2.45) is 0 Å². The lowest BCUT2D eigenvalue weighted by Gasteiger charge is -2.16. The predicted octanol–water partition coefficient (Wildman–Crippen LogP) is 3.79. The minimum atomic E-state index is 0.114. The van der Waals surface area contributed by atoms with Crippen molar-refractivity contribution >= 4 is 29.3 Å². The van der Waals surface area contributed by atoms with Crippen molar-refractivity contribution in [1.82, 2.24) is 10.2 Å². The van der Waals surface area contributed by atoms with Gasteiger partial charge in [-0.1, -0.05) is 23.9 Å². The highest BCUT2D eigenvalue weighted by atomic mass is 32.2. The van der Waals surface area contributed by atoms with Crippen molar-refractivity contribution in [3.63, 3.8) is 0 Å². The number of hydrogen-bond acceptors (Lipinski definition) is 6. The van der Waals surface area contributed by atoms with Crippen molar-refractivity contribution in [1.29, 1.82) is 0 Å². The van der Waals surface area contributed by atoms with E-state index in [-0.39, 0.29) is 5.78 Å². The molecule has 0 atom stereocenters. The van der Waals surface area contributed by atoms with Crippen molar-refractivity contribution in [3.8, 4) is 0 Å². The van der Waals surface area contributed by atoms with Crippen LogP contribution >= 0.6 is 23.5 Å². The summed E-state index contributed by atoms with van der Waals surface area (Å²) in [6.45, 7) is 0. The molecule has 0 amide bonds. The summed E-state index contributed by atoms with van der Waals surface area (Å²) < 4.78 is 5.47. The van der Waals surface area contributed by atoms with Crippen LogP contribution in [0.25, 0.3) is 0 Å². The van der Waals surface area contributed by atoms with Gasteiger partial charge in [0.25, 0.3) is 5.22 Å². The van der Waals surface area contributed by atoms with E-state index in [1.807, 2.05) is 12.3 Å². The van der Waals surface area contributed by atoms with Gasteiger partial charge in [-0.2, -0.15) is 11.8 Å². The van der Waals surface area contributed by atoms with Gasteiger partial charge in [-0.25, -0.2) is 0 Å². The lowest BCUT2D eigenvalue weighted by molar-refractivity contribution is 0.102. The number of hydrogen-bond donors (Lipinski definition) is 0. The van der Waals surface area contributed by atoms with Crippen molar-refractivity contribution in [2.75, 3.05) is 12.0 Å². The zero-order valence-electron chi connectivity index (χ0n) is 12.5. The molecule has 1 heterocycles. The lowest BCUT2D eigenvalue weighted by Crippen LogP contribution is -2.07. The van der Waals surface area contributed by atoms with E-state index in [1.165, 1.54) is 35.7 Å². The van der Waals surface area contributed by atoms with Gasteiger partial charge >= 0.3 is 0 Å². The van der Waals surface area contributed by atoms with Gasteiger partial charge in [0.1, 0.15) is 0 Å². The second kappa shape index (κ2) is 7.33. The molecule has 22 heavy (non-hydrogen) atoms. The molecule has 1 aromatic heterocycles. The molecule has 0 spiro atoms. The number of Topliss-reactive ketones (excluding diaryl/α,β-unsaturated/α-hetero) is 1. The minimum Gasteiger partial charge on any atom is -0.415 e. The second-order valence-corrected chi connectivity index (χ2v) is 7.09. The van der Waals surface area contributed by atoms with Gasteiger partial charge in [-0.15, -0.1) is 10.2 Å². The standard InChI is InChI=1S/C16H18N2O2S2/c1-21-10-15-17-18-16(20-15)22-9-14(19)13-7-6-11-4-2-3-5-12(11)8-13/h6-8H,2-5,9-10H2,1H3. The molecule has 1 aliphatic rings. The summed E-state index contributed by atoms with van der Waals surface area (Å²) in [5.41, 5.74) is 3.52. The fourth-order valence-electron chi connectivity index (χ4n) is 2.60. The SMILES string of the molecule is CSCc1nnc(SCC(=O)c2ccc3c(c2)CCCC3)o1. The van der Waals surface area contributed by atoms with Crippen LogP contribution in [0, 0.1) is 0 Å². The quantitative estimate of drug-likeness (QED) is 0.592. The summed E-state index contributed by atoms with van der Waals surface area (Å²) in [6, 6.07) is 6.11. The van der Waals surface area contributed by atoms with Crippen LogP contribution in [-0.2, 0) is 18.6 Å². The van der Waals surface area contributed by atoms with E-state index in [2.05, 4.69) is 22.3 Å². The highest BCUT2D eigenvalue weighted by Gasteiger charge is 2.14. The number of rotatable bonds is 6. The van der Waals surface area contributed by atoms with Gasteiger partial charge in [0.2, 0.25) is 5.89 Å². The highest BCUT2D eigenvalue weighted by molar-refractivity contribution is 7.99. The van der Waals surface area contributed by atoms with Crippen molar-refractivity contribution in [3.05, 3.63) is 40.8 Å². The Hall–Kier alpha value is -1.27. The fraction of sp³-hybridized carbons (Fsp3) is 0.438. The molecule has 0 radical (unpaired) electrons. The van der Waals surface area contributed by atoms with E-state index in [9.17, 15) is 4.79 Å². The van der Waals surface area contributed by atoms with Gasteiger partial charge in [-0.05, 0) is 49.1 Å². The molecule has 116 valence electrons. The molecule has 0 N–H and O–H groups in total. The summed E-state index contributed by atoms with van der Waals surface area (Å²) in [4.78, 5) is 12.3. The molecule has 0 saturated heterocycles. The molecule has 1 aromatic carbocycles. The van der Waals surface area contributed by atoms with Gasteiger partial charge < -0.3 is 4.42 Å². The van der Waals surface area contributed by atoms with Crippen molar-refractivity contribution in [2.45, 2.75) is 36.7 Å². The number of carbonyl (C=O) groups is 1. The number of fused-ring (bicyclic) bond motifs is 1. The van der Waals surface area contributed by atoms with Crippen LogP contribution in [0.2, 0.25) is 0 Å². The van der Waals surface area contributed by atoms with Crippen LogP contribution in [0.3, 0.4) is 0 Å². The number of nitrogens with zero attached hydrogens (tertiary/aromatic N) is 2. The second-order valence-electron chi connectivity index (χ2n) is 5.30. The summed E-state index contributed by atoms with van der Waals surface area (Å²) in [5.74, 6) is 1.76. The Labute approximate surface area is 138 Å². The molecular weight excluding hydrogens is 316 g/mol. The first-order valence-corrected chi connectivity index (χ1v) is 9.73. The molecule has 4 nitrogen and oxygen atoms in total. The van der Waals surface area contributed by atoms with E-state index in [1.54, 1.807) is 11.8 Å². The topological polar surface area (TPSA) is 56.0 Å². The van der Waals surface area contributed by atoms with Gasteiger partial charge in [-0.3, -0.25) is 4.79 Å². The van der Waals surface area contributed by atoms with Gasteiger partial charge in [0, 0.05) is 5.56 Å². The smallest absolute Gasteiger partial charge is 0.277 e. The third kappa shape index (κ3) is 3.73. The maximum absolute atomic E-state index is 12.3. The average Bonchev–Trinajstić information content (AvgIpc) is 3.00. The Bertz CT molecular complexity index is 670. The van der Waals surface area contributed by atoms with Crippen LogP contribution in [0.5, 0.6) is 0 Å². The monoisotopic (exact) mass is 334 g/mol. The van der Waals surface area contributed by atoms with Crippen LogP contribution in [0.15, 0.2) is 27.8 Å². The molecule has 3 rings (SSSR count). The van der Waals surface area contributed by atoms with Gasteiger partial charge in [0.15, 0.2) is 5.78 Å².